The molecule has 0 atom stereocenters. The third kappa shape index (κ3) is 1.85. The average Bonchev–Trinajstić information content (AvgIpc) is 1.85. The maximum Gasteiger partial charge on any atom is 0.129 e. The van der Waals surface area contributed by atoms with Gasteiger partial charge in [0.25, 0.3) is 0 Å². The van der Waals surface area contributed by atoms with Gasteiger partial charge in [0.2, 0.25) is 0 Å². The van der Waals surface area contributed by atoms with Crippen molar-refractivity contribution in [3.8, 4) is 0 Å². The lowest BCUT2D eigenvalue weighted by Crippen LogP contribution is -1.90. The molecule has 1 aromatic carbocycles. The zero-order valence-electron chi connectivity index (χ0n) is 6.00. The largest absolute Gasteiger partial charge is 0.207 e. The van der Waals surface area contributed by atoms with Gasteiger partial charge in [-0.25, -0.2) is 4.39 Å². The van der Waals surface area contributed by atoms with Crippen molar-refractivity contribution in [3.05, 3.63) is 34.1 Å². The lowest BCUT2D eigenvalue weighted by molar-refractivity contribution is 0.615. The van der Waals surface area contributed by atoms with Gasteiger partial charge in [-0.2, -0.15) is 0 Å². The monoisotopic (exact) mass is 192 g/mol. The third-order valence-corrected chi connectivity index (χ3v) is 2.00. The Morgan fingerprint density at radius 1 is 1.45 bits per heavy atom. The zero-order chi connectivity index (χ0) is 8.43. The standard InChI is InChI=1S/C8H7Cl2F/c1-5-2-6(10)3-8(11)7(5)4-9/h2-3H,4H2,1H3. The van der Waals surface area contributed by atoms with E-state index >= 15 is 0 Å². The molecule has 0 unspecified atom stereocenters. The predicted molar refractivity (Wildman–Crippen MR) is 45.7 cm³/mol. The van der Waals surface area contributed by atoms with E-state index in [4.69, 9.17) is 23.2 Å². The molecule has 0 aliphatic heterocycles. The van der Waals surface area contributed by atoms with E-state index in [1.54, 1.807) is 13.0 Å². The SMILES string of the molecule is Cc1cc(Cl)cc(F)c1CCl. The van der Waals surface area contributed by atoms with Crippen LogP contribution in [0.5, 0.6) is 0 Å². The van der Waals surface area contributed by atoms with Gasteiger partial charge >= 0.3 is 0 Å². The van der Waals surface area contributed by atoms with Crippen molar-refractivity contribution in [1.29, 1.82) is 0 Å². The van der Waals surface area contributed by atoms with Crippen LogP contribution in [0, 0.1) is 12.7 Å². The Hall–Kier alpha value is -0.270. The summed E-state index contributed by atoms with van der Waals surface area (Å²) in [5.41, 5.74) is 1.32. The summed E-state index contributed by atoms with van der Waals surface area (Å²) in [6.45, 7) is 1.78. The van der Waals surface area contributed by atoms with Crippen molar-refractivity contribution >= 4 is 23.2 Å². The molecule has 0 saturated heterocycles. The fraction of sp³-hybridized carbons (Fsp3) is 0.250. The Balaban J connectivity index is 3.25. The van der Waals surface area contributed by atoms with Gasteiger partial charge in [0.1, 0.15) is 5.82 Å². The van der Waals surface area contributed by atoms with E-state index in [1.165, 1.54) is 6.07 Å². The molecule has 60 valence electrons. The Morgan fingerprint density at radius 3 is 2.55 bits per heavy atom. The fourth-order valence-electron chi connectivity index (χ4n) is 0.901. The smallest absolute Gasteiger partial charge is 0.129 e. The van der Waals surface area contributed by atoms with Crippen molar-refractivity contribution in [2.75, 3.05) is 0 Å². The molecule has 0 bridgehead atoms. The maximum absolute atomic E-state index is 12.9. The Kier molecular flexibility index (Phi) is 2.74. The topological polar surface area (TPSA) is 0 Å². The van der Waals surface area contributed by atoms with Crippen LogP contribution in [0.2, 0.25) is 5.02 Å². The van der Waals surface area contributed by atoms with Crippen LogP contribution in [-0.2, 0) is 5.88 Å². The predicted octanol–water partition coefficient (Wildman–Crippen LogP) is 3.53. The summed E-state index contributed by atoms with van der Waals surface area (Å²) in [4.78, 5) is 0. The van der Waals surface area contributed by atoms with Crippen molar-refractivity contribution in [2.45, 2.75) is 12.8 Å². The minimum absolute atomic E-state index is 0.189. The molecule has 0 aliphatic carbocycles. The molecule has 0 aliphatic rings. The van der Waals surface area contributed by atoms with Crippen LogP contribution in [0.4, 0.5) is 4.39 Å². The van der Waals surface area contributed by atoms with Crippen molar-refractivity contribution < 1.29 is 4.39 Å². The Morgan fingerprint density at radius 2 is 2.09 bits per heavy atom. The summed E-state index contributed by atoms with van der Waals surface area (Å²) < 4.78 is 12.9. The molecule has 1 rings (SSSR count). The number of benzene rings is 1. The van der Waals surface area contributed by atoms with Gasteiger partial charge < -0.3 is 0 Å². The first-order valence-electron chi connectivity index (χ1n) is 3.15. The molecule has 0 fully saturated rings. The van der Waals surface area contributed by atoms with E-state index in [1.807, 2.05) is 0 Å². The van der Waals surface area contributed by atoms with Gasteiger partial charge in [-0.15, -0.1) is 11.6 Å². The van der Waals surface area contributed by atoms with Gasteiger partial charge in [0, 0.05) is 10.6 Å². The molecular formula is C8H7Cl2F. The highest BCUT2D eigenvalue weighted by molar-refractivity contribution is 6.30. The van der Waals surface area contributed by atoms with Crippen LogP contribution in [0.25, 0.3) is 0 Å². The van der Waals surface area contributed by atoms with Crippen LogP contribution in [0.1, 0.15) is 11.1 Å². The lowest BCUT2D eigenvalue weighted by atomic mass is 10.1. The van der Waals surface area contributed by atoms with E-state index < -0.39 is 0 Å². The third-order valence-electron chi connectivity index (χ3n) is 1.52. The molecule has 1 aromatic rings. The first-order chi connectivity index (χ1) is 5.15. The number of aryl methyl sites for hydroxylation is 1. The van der Waals surface area contributed by atoms with Gasteiger partial charge in [-0.3, -0.25) is 0 Å². The van der Waals surface area contributed by atoms with Crippen molar-refractivity contribution in [1.82, 2.24) is 0 Å². The second-order valence-corrected chi connectivity index (χ2v) is 3.02. The summed E-state index contributed by atoms with van der Waals surface area (Å²) >= 11 is 11.1. The summed E-state index contributed by atoms with van der Waals surface area (Å²) in [6.07, 6.45) is 0. The maximum atomic E-state index is 12.9. The molecule has 0 saturated carbocycles. The zero-order valence-corrected chi connectivity index (χ0v) is 7.51. The molecule has 0 aromatic heterocycles. The molecule has 0 spiro atoms. The van der Waals surface area contributed by atoms with Crippen LogP contribution >= 0.6 is 23.2 Å². The molecule has 0 N–H and O–H groups in total. The van der Waals surface area contributed by atoms with E-state index in [0.717, 1.165) is 5.56 Å². The molecule has 0 radical (unpaired) electrons. The quantitative estimate of drug-likeness (QED) is 0.598. The van der Waals surface area contributed by atoms with E-state index in [-0.39, 0.29) is 11.7 Å². The van der Waals surface area contributed by atoms with Gasteiger partial charge in [0.05, 0.1) is 5.88 Å². The first kappa shape index (κ1) is 8.82. The first-order valence-corrected chi connectivity index (χ1v) is 4.07. The summed E-state index contributed by atoms with van der Waals surface area (Å²) in [6, 6.07) is 2.97. The second kappa shape index (κ2) is 3.42. The normalized spacial score (nSPS) is 10.2. The van der Waals surface area contributed by atoms with Crippen LogP contribution in [-0.4, -0.2) is 0 Å². The van der Waals surface area contributed by atoms with Crippen LogP contribution in [0.15, 0.2) is 12.1 Å². The molecular weight excluding hydrogens is 186 g/mol. The lowest BCUT2D eigenvalue weighted by Gasteiger charge is -2.03. The highest BCUT2D eigenvalue weighted by Crippen LogP contribution is 2.20. The Bertz CT molecular complexity index is 248. The fourth-order valence-corrected chi connectivity index (χ4v) is 1.50. The number of rotatable bonds is 1. The summed E-state index contributed by atoms with van der Waals surface area (Å²) in [7, 11) is 0. The van der Waals surface area contributed by atoms with E-state index in [9.17, 15) is 4.39 Å². The minimum atomic E-state index is -0.329. The van der Waals surface area contributed by atoms with Gasteiger partial charge in [0.15, 0.2) is 0 Å². The molecule has 0 amide bonds. The average molecular weight is 193 g/mol. The number of halogens is 3. The van der Waals surface area contributed by atoms with Crippen LogP contribution < -0.4 is 0 Å². The van der Waals surface area contributed by atoms with E-state index in [2.05, 4.69) is 0 Å². The number of alkyl halides is 1. The molecule has 11 heavy (non-hydrogen) atoms. The van der Waals surface area contributed by atoms with Crippen molar-refractivity contribution in [2.24, 2.45) is 0 Å². The van der Waals surface area contributed by atoms with Gasteiger partial charge in [-0.05, 0) is 24.6 Å². The highest BCUT2D eigenvalue weighted by Gasteiger charge is 2.05. The highest BCUT2D eigenvalue weighted by atomic mass is 35.5. The second-order valence-electron chi connectivity index (χ2n) is 2.32. The van der Waals surface area contributed by atoms with Crippen molar-refractivity contribution in [3.63, 3.8) is 0 Å². The minimum Gasteiger partial charge on any atom is -0.207 e. The molecule has 3 heteroatoms. The van der Waals surface area contributed by atoms with E-state index in [0.29, 0.717) is 10.6 Å². The van der Waals surface area contributed by atoms with Crippen LogP contribution in [0.3, 0.4) is 0 Å². The molecule has 0 heterocycles. The molecule has 0 nitrogen and oxygen atoms in total. The summed E-state index contributed by atoms with van der Waals surface area (Å²) in [5.74, 6) is -0.139. The number of hydrogen-bond donors (Lipinski definition) is 0. The Labute approximate surface area is 74.9 Å². The number of hydrogen-bond acceptors (Lipinski definition) is 0. The van der Waals surface area contributed by atoms with Gasteiger partial charge in [-0.1, -0.05) is 11.6 Å². The summed E-state index contributed by atoms with van der Waals surface area (Å²) in [5, 5.41) is 0.411.